The van der Waals surface area contributed by atoms with E-state index in [-0.39, 0.29) is 17.0 Å². The minimum Gasteiger partial charge on any atom is -0.497 e. The number of hydrogen-bond acceptors (Lipinski definition) is 6. The molecule has 0 radical (unpaired) electrons. The molecule has 0 aliphatic rings. The lowest BCUT2D eigenvalue weighted by atomic mass is 10.1. The lowest BCUT2D eigenvalue weighted by Crippen LogP contribution is -2.24. The van der Waals surface area contributed by atoms with Crippen LogP contribution < -0.4 is 4.74 Å². The van der Waals surface area contributed by atoms with Gasteiger partial charge in [0.25, 0.3) is 5.69 Å². The summed E-state index contributed by atoms with van der Waals surface area (Å²) in [5.41, 5.74) is 0.160. The summed E-state index contributed by atoms with van der Waals surface area (Å²) in [5, 5.41) is 10.7. The monoisotopic (exact) mass is 329 g/mol. The van der Waals surface area contributed by atoms with Gasteiger partial charge >= 0.3 is 5.97 Å². The van der Waals surface area contributed by atoms with Crippen LogP contribution in [0, 0.1) is 10.1 Å². The van der Waals surface area contributed by atoms with Crippen LogP contribution in [0.2, 0.25) is 0 Å². The van der Waals surface area contributed by atoms with Crippen LogP contribution in [0.4, 0.5) is 5.69 Å². The molecule has 0 aliphatic heterocycles. The SMILES string of the molecule is COc1ccc(C(=O)[C@H](C)OC(=O)c2cccc([N+](=O)[O-])c2)cc1. The molecule has 2 aromatic carbocycles. The maximum absolute atomic E-state index is 12.3. The third-order valence-corrected chi connectivity index (χ3v) is 3.32. The van der Waals surface area contributed by atoms with Gasteiger partial charge in [-0.2, -0.15) is 0 Å². The third kappa shape index (κ3) is 3.95. The molecule has 0 unspecified atom stereocenters. The zero-order valence-electron chi connectivity index (χ0n) is 13.1. The van der Waals surface area contributed by atoms with Crippen molar-refractivity contribution in [2.75, 3.05) is 7.11 Å². The van der Waals surface area contributed by atoms with Crippen molar-refractivity contribution in [3.63, 3.8) is 0 Å². The van der Waals surface area contributed by atoms with E-state index in [0.717, 1.165) is 6.07 Å². The molecule has 0 bridgehead atoms. The number of non-ortho nitro benzene ring substituents is 1. The van der Waals surface area contributed by atoms with E-state index in [4.69, 9.17) is 9.47 Å². The van der Waals surface area contributed by atoms with Gasteiger partial charge in [-0.15, -0.1) is 0 Å². The van der Waals surface area contributed by atoms with E-state index in [2.05, 4.69) is 0 Å². The number of methoxy groups -OCH3 is 1. The summed E-state index contributed by atoms with van der Waals surface area (Å²) in [5.74, 6) is -0.572. The van der Waals surface area contributed by atoms with Crippen LogP contribution >= 0.6 is 0 Å². The maximum Gasteiger partial charge on any atom is 0.339 e. The smallest absolute Gasteiger partial charge is 0.339 e. The Labute approximate surface area is 138 Å². The third-order valence-electron chi connectivity index (χ3n) is 3.32. The molecule has 0 spiro atoms. The van der Waals surface area contributed by atoms with Crippen LogP contribution in [0.5, 0.6) is 5.75 Å². The Morgan fingerprint density at radius 3 is 2.33 bits per heavy atom. The van der Waals surface area contributed by atoms with Crippen molar-refractivity contribution in [1.82, 2.24) is 0 Å². The Hall–Kier alpha value is -3.22. The largest absolute Gasteiger partial charge is 0.497 e. The number of ketones is 1. The maximum atomic E-state index is 12.3. The molecule has 0 saturated carbocycles. The van der Waals surface area contributed by atoms with Crippen LogP contribution in [-0.4, -0.2) is 29.9 Å². The first-order valence-corrected chi connectivity index (χ1v) is 7.06. The number of hydrogen-bond donors (Lipinski definition) is 0. The molecule has 24 heavy (non-hydrogen) atoms. The van der Waals surface area contributed by atoms with Crippen LogP contribution in [0.25, 0.3) is 0 Å². The second-order valence-corrected chi connectivity index (χ2v) is 4.95. The molecule has 7 heteroatoms. The van der Waals surface area contributed by atoms with E-state index in [1.54, 1.807) is 24.3 Å². The number of esters is 1. The minimum absolute atomic E-state index is 0.0126. The van der Waals surface area contributed by atoms with Gasteiger partial charge in [0.2, 0.25) is 5.78 Å². The number of Topliss-reactive ketones (excluding diaryl/α,β-unsaturated/α-hetero) is 1. The number of ether oxygens (including phenoxy) is 2. The van der Waals surface area contributed by atoms with Crippen molar-refractivity contribution in [3.8, 4) is 5.75 Å². The zero-order chi connectivity index (χ0) is 17.7. The van der Waals surface area contributed by atoms with Crippen LogP contribution in [0.15, 0.2) is 48.5 Å². The van der Waals surface area contributed by atoms with Crippen molar-refractivity contribution >= 4 is 17.4 Å². The summed E-state index contributed by atoms with van der Waals surface area (Å²) in [7, 11) is 1.51. The number of nitrogens with zero attached hydrogens (tertiary/aromatic N) is 1. The molecular weight excluding hydrogens is 314 g/mol. The van der Waals surface area contributed by atoms with Crippen LogP contribution in [0.1, 0.15) is 27.6 Å². The van der Waals surface area contributed by atoms with Gasteiger partial charge in [0.1, 0.15) is 5.75 Å². The number of benzene rings is 2. The predicted molar refractivity (Wildman–Crippen MR) is 85.3 cm³/mol. The highest BCUT2D eigenvalue weighted by atomic mass is 16.6. The van der Waals surface area contributed by atoms with Crippen LogP contribution in [-0.2, 0) is 4.74 Å². The normalized spacial score (nSPS) is 11.4. The van der Waals surface area contributed by atoms with E-state index >= 15 is 0 Å². The molecule has 0 fully saturated rings. The van der Waals surface area contributed by atoms with Crippen molar-refractivity contribution in [1.29, 1.82) is 0 Å². The van der Waals surface area contributed by atoms with Crippen molar-refractivity contribution in [3.05, 3.63) is 69.8 Å². The fourth-order valence-corrected chi connectivity index (χ4v) is 2.02. The Bertz CT molecular complexity index is 769. The van der Waals surface area contributed by atoms with Gasteiger partial charge in [-0.25, -0.2) is 4.79 Å². The summed E-state index contributed by atoms with van der Waals surface area (Å²) < 4.78 is 10.1. The second kappa shape index (κ2) is 7.36. The number of nitro benzene ring substituents is 1. The fourth-order valence-electron chi connectivity index (χ4n) is 2.02. The van der Waals surface area contributed by atoms with Gasteiger partial charge in [-0.3, -0.25) is 14.9 Å². The first kappa shape index (κ1) is 17.1. The summed E-state index contributed by atoms with van der Waals surface area (Å²) in [6.07, 6.45) is -1.02. The molecule has 0 N–H and O–H groups in total. The predicted octanol–water partition coefficient (Wildman–Crippen LogP) is 3.03. The van der Waals surface area contributed by atoms with E-state index in [9.17, 15) is 19.7 Å². The van der Waals surface area contributed by atoms with Gasteiger partial charge < -0.3 is 9.47 Å². The van der Waals surface area contributed by atoms with Gasteiger partial charge in [0.15, 0.2) is 6.10 Å². The zero-order valence-corrected chi connectivity index (χ0v) is 13.1. The van der Waals surface area contributed by atoms with Gasteiger partial charge in [0, 0.05) is 17.7 Å². The first-order chi connectivity index (χ1) is 11.4. The van der Waals surface area contributed by atoms with Crippen molar-refractivity contribution in [2.45, 2.75) is 13.0 Å². The molecule has 0 aliphatic carbocycles. The second-order valence-electron chi connectivity index (χ2n) is 4.95. The molecular formula is C17H15NO6. The number of rotatable bonds is 6. The lowest BCUT2D eigenvalue weighted by Gasteiger charge is -2.12. The highest BCUT2D eigenvalue weighted by Gasteiger charge is 2.21. The van der Waals surface area contributed by atoms with Crippen LogP contribution in [0.3, 0.4) is 0 Å². The molecule has 7 nitrogen and oxygen atoms in total. The fraction of sp³-hybridized carbons (Fsp3) is 0.176. The average Bonchev–Trinajstić information content (AvgIpc) is 2.61. The molecule has 1 atom stereocenters. The molecule has 0 heterocycles. The summed E-state index contributed by atoms with van der Waals surface area (Å²) in [6.45, 7) is 1.45. The van der Waals surface area contributed by atoms with Gasteiger partial charge in [-0.05, 0) is 37.3 Å². The summed E-state index contributed by atoms with van der Waals surface area (Å²) in [6, 6.07) is 11.5. The summed E-state index contributed by atoms with van der Waals surface area (Å²) in [4.78, 5) is 34.4. The van der Waals surface area contributed by atoms with Gasteiger partial charge in [0.05, 0.1) is 17.6 Å². The molecule has 2 rings (SSSR count). The van der Waals surface area contributed by atoms with Crippen molar-refractivity contribution < 1.29 is 24.0 Å². The van der Waals surface area contributed by atoms with Crippen molar-refractivity contribution in [2.24, 2.45) is 0 Å². The molecule has 124 valence electrons. The number of carbonyl (C=O) groups is 2. The van der Waals surface area contributed by atoms with Gasteiger partial charge in [-0.1, -0.05) is 6.07 Å². The molecule has 2 aromatic rings. The van der Waals surface area contributed by atoms with E-state index in [0.29, 0.717) is 11.3 Å². The Balaban J connectivity index is 2.08. The minimum atomic E-state index is -1.02. The average molecular weight is 329 g/mol. The molecule has 0 amide bonds. The highest BCUT2D eigenvalue weighted by Crippen LogP contribution is 2.17. The molecule has 0 saturated heterocycles. The quantitative estimate of drug-likeness (QED) is 0.350. The first-order valence-electron chi connectivity index (χ1n) is 7.06. The van der Waals surface area contributed by atoms with E-state index < -0.39 is 17.0 Å². The standard InChI is InChI=1S/C17H15NO6/c1-11(16(19)12-6-8-15(23-2)9-7-12)24-17(20)13-4-3-5-14(10-13)18(21)22/h3-11H,1-2H3/t11-/m0/s1. The topological polar surface area (TPSA) is 95.7 Å². The Morgan fingerprint density at radius 1 is 1.08 bits per heavy atom. The lowest BCUT2D eigenvalue weighted by molar-refractivity contribution is -0.384. The van der Waals surface area contributed by atoms with E-state index in [1.165, 1.54) is 32.2 Å². The summed E-state index contributed by atoms with van der Waals surface area (Å²) >= 11 is 0. The number of carbonyl (C=O) groups excluding carboxylic acids is 2. The van der Waals surface area contributed by atoms with E-state index in [1.807, 2.05) is 0 Å². The Kier molecular flexibility index (Phi) is 5.26. The number of nitro groups is 1. The molecule has 0 aromatic heterocycles. The highest BCUT2D eigenvalue weighted by molar-refractivity contribution is 6.01. The Morgan fingerprint density at radius 2 is 1.75 bits per heavy atom.